The highest BCUT2D eigenvalue weighted by molar-refractivity contribution is 5.90. The molecule has 0 N–H and O–H groups in total. The van der Waals surface area contributed by atoms with Gasteiger partial charge in [-0.15, -0.1) is 0 Å². The summed E-state index contributed by atoms with van der Waals surface area (Å²) >= 11 is 0. The monoisotopic (exact) mass is 310 g/mol. The molecule has 1 heterocycles. The molecule has 0 amide bonds. The molecule has 0 saturated carbocycles. The average Bonchev–Trinajstić information content (AvgIpc) is 2.95. The minimum Gasteiger partial charge on any atom is -0.463 e. The summed E-state index contributed by atoms with van der Waals surface area (Å²) in [6.45, 7) is 1.97. The van der Waals surface area contributed by atoms with Gasteiger partial charge >= 0.3 is 11.9 Å². The zero-order valence-electron chi connectivity index (χ0n) is 12.9. The SMILES string of the molecule is CCOC(=O)[C@@]1(c2ccccc2)OC(=O)C[C@H]1c1ccccc1. The third-order valence-electron chi connectivity index (χ3n) is 4.12. The molecule has 4 nitrogen and oxygen atoms in total. The van der Waals surface area contributed by atoms with E-state index in [1.807, 2.05) is 48.5 Å². The second-order valence-corrected chi connectivity index (χ2v) is 5.46. The number of hydrogen-bond donors (Lipinski definition) is 0. The lowest BCUT2D eigenvalue weighted by molar-refractivity contribution is -0.176. The van der Waals surface area contributed by atoms with E-state index in [0.717, 1.165) is 5.56 Å². The van der Waals surface area contributed by atoms with Crippen molar-refractivity contribution in [2.24, 2.45) is 0 Å². The maximum absolute atomic E-state index is 12.8. The molecule has 4 heteroatoms. The Morgan fingerprint density at radius 1 is 1.13 bits per heavy atom. The smallest absolute Gasteiger partial charge is 0.356 e. The predicted molar refractivity (Wildman–Crippen MR) is 84.6 cm³/mol. The molecule has 1 fully saturated rings. The first-order valence-electron chi connectivity index (χ1n) is 7.68. The molecule has 23 heavy (non-hydrogen) atoms. The molecule has 2 aromatic rings. The molecule has 1 saturated heterocycles. The van der Waals surface area contributed by atoms with Crippen molar-refractivity contribution in [2.45, 2.75) is 24.9 Å². The quantitative estimate of drug-likeness (QED) is 0.814. The highest BCUT2D eigenvalue weighted by Crippen LogP contribution is 2.48. The van der Waals surface area contributed by atoms with Crippen LogP contribution in [0.15, 0.2) is 60.7 Å². The van der Waals surface area contributed by atoms with Crippen LogP contribution in [0.2, 0.25) is 0 Å². The molecule has 1 aliphatic rings. The molecule has 2 atom stereocenters. The summed E-state index contributed by atoms with van der Waals surface area (Å²) in [6.07, 6.45) is 0.151. The minimum atomic E-state index is -1.42. The number of cyclic esters (lactones) is 1. The number of hydrogen-bond acceptors (Lipinski definition) is 4. The van der Waals surface area contributed by atoms with Gasteiger partial charge in [0.2, 0.25) is 5.60 Å². The fraction of sp³-hybridized carbons (Fsp3) is 0.263. The molecule has 0 aliphatic carbocycles. The van der Waals surface area contributed by atoms with Crippen LogP contribution >= 0.6 is 0 Å². The number of carbonyl (C=O) groups excluding carboxylic acids is 2. The predicted octanol–water partition coefficient (Wildman–Crippen LogP) is 3.18. The van der Waals surface area contributed by atoms with E-state index in [1.165, 1.54) is 0 Å². The normalized spacial score (nSPS) is 23.3. The van der Waals surface area contributed by atoms with Crippen LogP contribution in [0.4, 0.5) is 0 Å². The Kier molecular flexibility index (Phi) is 4.15. The third-order valence-corrected chi connectivity index (χ3v) is 4.12. The Hall–Kier alpha value is -2.62. The van der Waals surface area contributed by atoms with Gasteiger partial charge in [-0.1, -0.05) is 60.7 Å². The highest BCUT2D eigenvalue weighted by Gasteiger charge is 2.58. The fourth-order valence-corrected chi connectivity index (χ4v) is 3.13. The van der Waals surface area contributed by atoms with Crippen molar-refractivity contribution in [3.05, 3.63) is 71.8 Å². The number of rotatable bonds is 4. The molecule has 1 aliphatic heterocycles. The molecule has 0 aromatic heterocycles. The van der Waals surface area contributed by atoms with Crippen molar-refractivity contribution in [3.63, 3.8) is 0 Å². The molecule has 3 rings (SSSR count). The maximum atomic E-state index is 12.8. The zero-order chi connectivity index (χ0) is 16.3. The van der Waals surface area contributed by atoms with Gasteiger partial charge in [-0.25, -0.2) is 4.79 Å². The van der Waals surface area contributed by atoms with Crippen LogP contribution in [0.3, 0.4) is 0 Å². The van der Waals surface area contributed by atoms with Gasteiger partial charge in [-0.2, -0.15) is 0 Å². The molecule has 0 radical (unpaired) electrons. The van der Waals surface area contributed by atoms with Crippen LogP contribution in [0.25, 0.3) is 0 Å². The summed E-state index contributed by atoms with van der Waals surface area (Å²) in [7, 11) is 0. The van der Waals surface area contributed by atoms with Crippen molar-refractivity contribution < 1.29 is 19.1 Å². The van der Waals surface area contributed by atoms with Gasteiger partial charge in [-0.3, -0.25) is 4.79 Å². The van der Waals surface area contributed by atoms with E-state index in [-0.39, 0.29) is 13.0 Å². The Bertz CT molecular complexity index is 696. The average molecular weight is 310 g/mol. The van der Waals surface area contributed by atoms with Crippen molar-refractivity contribution in [3.8, 4) is 0 Å². The first kappa shape index (κ1) is 15.3. The molecular formula is C19H18O4. The summed E-state index contributed by atoms with van der Waals surface area (Å²) in [5, 5.41) is 0. The van der Waals surface area contributed by atoms with Gasteiger partial charge in [-0.05, 0) is 12.5 Å². The van der Waals surface area contributed by atoms with E-state index in [2.05, 4.69) is 0 Å². The van der Waals surface area contributed by atoms with Crippen LogP contribution in [0, 0.1) is 0 Å². The van der Waals surface area contributed by atoms with Crippen LogP contribution in [0.5, 0.6) is 0 Å². The summed E-state index contributed by atoms with van der Waals surface area (Å²) < 4.78 is 10.9. The van der Waals surface area contributed by atoms with Gasteiger partial charge in [0.1, 0.15) is 0 Å². The van der Waals surface area contributed by atoms with E-state index in [4.69, 9.17) is 9.47 Å². The zero-order valence-corrected chi connectivity index (χ0v) is 12.9. The Balaban J connectivity index is 2.16. The Morgan fingerprint density at radius 3 is 2.35 bits per heavy atom. The van der Waals surface area contributed by atoms with Crippen molar-refractivity contribution >= 4 is 11.9 Å². The van der Waals surface area contributed by atoms with Gasteiger partial charge < -0.3 is 9.47 Å². The van der Waals surface area contributed by atoms with E-state index in [1.54, 1.807) is 19.1 Å². The van der Waals surface area contributed by atoms with Crippen molar-refractivity contribution in [1.29, 1.82) is 0 Å². The molecular weight excluding hydrogens is 292 g/mol. The molecule has 118 valence electrons. The van der Waals surface area contributed by atoms with Crippen molar-refractivity contribution in [1.82, 2.24) is 0 Å². The first-order chi connectivity index (χ1) is 11.2. The minimum absolute atomic E-state index is 0.151. The van der Waals surface area contributed by atoms with Gasteiger partial charge in [0.15, 0.2) is 0 Å². The highest BCUT2D eigenvalue weighted by atomic mass is 16.6. The lowest BCUT2D eigenvalue weighted by Crippen LogP contribution is -2.41. The first-order valence-corrected chi connectivity index (χ1v) is 7.68. The second kappa shape index (κ2) is 6.24. The van der Waals surface area contributed by atoms with Crippen LogP contribution in [-0.4, -0.2) is 18.5 Å². The largest absolute Gasteiger partial charge is 0.463 e. The number of carbonyl (C=O) groups is 2. The number of benzene rings is 2. The number of ether oxygens (including phenoxy) is 2. The van der Waals surface area contributed by atoms with Gasteiger partial charge in [0.05, 0.1) is 13.0 Å². The molecule has 0 spiro atoms. The summed E-state index contributed by atoms with van der Waals surface area (Å²) in [5.74, 6) is -1.32. The topological polar surface area (TPSA) is 52.6 Å². The van der Waals surface area contributed by atoms with Crippen molar-refractivity contribution in [2.75, 3.05) is 6.61 Å². The van der Waals surface area contributed by atoms with E-state index >= 15 is 0 Å². The Morgan fingerprint density at radius 2 is 1.74 bits per heavy atom. The summed E-state index contributed by atoms with van der Waals surface area (Å²) in [6, 6.07) is 18.6. The van der Waals surface area contributed by atoms with Gasteiger partial charge in [0, 0.05) is 11.5 Å². The maximum Gasteiger partial charge on any atom is 0.356 e. The second-order valence-electron chi connectivity index (χ2n) is 5.46. The summed E-state index contributed by atoms with van der Waals surface area (Å²) in [4.78, 5) is 24.9. The summed E-state index contributed by atoms with van der Waals surface area (Å²) in [5.41, 5.74) is 0.101. The van der Waals surface area contributed by atoms with Crippen LogP contribution < -0.4 is 0 Å². The van der Waals surface area contributed by atoms with Crippen LogP contribution in [-0.2, 0) is 24.7 Å². The molecule has 2 aromatic carbocycles. The van der Waals surface area contributed by atoms with E-state index in [9.17, 15) is 9.59 Å². The lowest BCUT2D eigenvalue weighted by Gasteiger charge is -2.31. The van der Waals surface area contributed by atoms with Crippen LogP contribution in [0.1, 0.15) is 30.4 Å². The lowest BCUT2D eigenvalue weighted by atomic mass is 9.77. The Labute approximate surface area is 135 Å². The standard InChI is InChI=1S/C19H18O4/c1-2-22-18(21)19(15-11-7-4-8-12-15)16(13-17(20)23-19)14-9-5-3-6-10-14/h3-12,16H,2,13H2,1H3/t16-,19-/m0/s1. The fourth-order valence-electron chi connectivity index (χ4n) is 3.13. The number of esters is 2. The molecule has 0 unspecified atom stereocenters. The van der Waals surface area contributed by atoms with E-state index < -0.39 is 23.5 Å². The van der Waals surface area contributed by atoms with E-state index in [0.29, 0.717) is 5.56 Å². The third kappa shape index (κ3) is 2.61. The van der Waals surface area contributed by atoms with Gasteiger partial charge in [0.25, 0.3) is 0 Å². The molecule has 0 bridgehead atoms.